The Morgan fingerprint density at radius 2 is 2.17 bits per heavy atom. The van der Waals surface area contributed by atoms with Crippen LogP contribution in [0.1, 0.15) is 25.0 Å². The van der Waals surface area contributed by atoms with Crippen LogP contribution in [0.2, 0.25) is 0 Å². The van der Waals surface area contributed by atoms with Crippen LogP contribution in [0.5, 0.6) is 0 Å². The molecule has 5 nitrogen and oxygen atoms in total. The van der Waals surface area contributed by atoms with Gasteiger partial charge in [0.2, 0.25) is 5.91 Å². The summed E-state index contributed by atoms with van der Waals surface area (Å²) < 4.78 is 13.2. The summed E-state index contributed by atoms with van der Waals surface area (Å²) in [6.07, 6.45) is 2.86. The van der Waals surface area contributed by atoms with E-state index >= 15 is 0 Å². The van der Waals surface area contributed by atoms with Crippen molar-refractivity contribution in [3.05, 3.63) is 41.8 Å². The number of hydrogen-bond acceptors (Lipinski definition) is 3. The molecule has 1 heterocycles. The van der Waals surface area contributed by atoms with Gasteiger partial charge in [0, 0.05) is 31.3 Å². The lowest BCUT2D eigenvalue weighted by atomic mass is 10.1. The lowest BCUT2D eigenvalue weighted by Gasteiger charge is -2.16. The molecule has 0 radical (unpaired) electrons. The first-order valence-electron chi connectivity index (χ1n) is 7.84. The Labute approximate surface area is 135 Å². The molecule has 0 bridgehead atoms. The van der Waals surface area contributed by atoms with E-state index in [1.807, 2.05) is 19.2 Å². The number of aryl methyl sites for hydroxylation is 1. The van der Waals surface area contributed by atoms with E-state index in [-0.39, 0.29) is 11.7 Å². The molecular formula is C17H23FN4O. The van der Waals surface area contributed by atoms with Crippen molar-refractivity contribution in [2.75, 3.05) is 20.1 Å². The molecule has 0 aliphatic carbocycles. The number of halogens is 1. The monoisotopic (exact) mass is 318 g/mol. The summed E-state index contributed by atoms with van der Waals surface area (Å²) in [4.78, 5) is 13.5. The molecule has 3 N–H and O–H groups in total. The van der Waals surface area contributed by atoms with Gasteiger partial charge in [-0.1, -0.05) is 12.1 Å². The Balaban J connectivity index is 1.82. The van der Waals surface area contributed by atoms with Crippen LogP contribution in [0.15, 0.2) is 30.3 Å². The fourth-order valence-electron chi connectivity index (χ4n) is 2.36. The summed E-state index contributed by atoms with van der Waals surface area (Å²) >= 11 is 0. The van der Waals surface area contributed by atoms with Crippen molar-refractivity contribution in [1.29, 1.82) is 0 Å². The molecule has 0 unspecified atom stereocenters. The molecule has 0 aliphatic rings. The number of amides is 1. The second kappa shape index (κ2) is 8.43. The number of hydrogen-bond donors (Lipinski definition) is 2. The minimum atomic E-state index is -0.273. The van der Waals surface area contributed by atoms with Crippen LogP contribution in [-0.4, -0.2) is 41.1 Å². The lowest BCUT2D eigenvalue weighted by molar-refractivity contribution is -0.130. The van der Waals surface area contributed by atoms with E-state index in [1.54, 1.807) is 11.0 Å². The summed E-state index contributed by atoms with van der Waals surface area (Å²) in [5.41, 5.74) is 7.87. The Bertz CT molecular complexity index is 641. The maximum absolute atomic E-state index is 13.2. The van der Waals surface area contributed by atoms with Gasteiger partial charge in [0.25, 0.3) is 0 Å². The SMILES string of the molecule is CN(CCCc1cc(-c2cccc(F)c2)n[nH]1)C(=O)CCCN. The summed E-state index contributed by atoms with van der Waals surface area (Å²) in [6, 6.07) is 8.29. The van der Waals surface area contributed by atoms with Crippen molar-refractivity contribution in [2.24, 2.45) is 5.73 Å². The van der Waals surface area contributed by atoms with Crippen molar-refractivity contribution in [3.63, 3.8) is 0 Å². The van der Waals surface area contributed by atoms with Crippen molar-refractivity contribution in [1.82, 2.24) is 15.1 Å². The molecule has 23 heavy (non-hydrogen) atoms. The summed E-state index contributed by atoms with van der Waals surface area (Å²) in [6.45, 7) is 1.23. The van der Waals surface area contributed by atoms with Gasteiger partial charge < -0.3 is 10.6 Å². The van der Waals surface area contributed by atoms with E-state index in [2.05, 4.69) is 10.2 Å². The van der Waals surface area contributed by atoms with Crippen LogP contribution in [0.25, 0.3) is 11.3 Å². The summed E-state index contributed by atoms with van der Waals surface area (Å²) in [7, 11) is 1.81. The topological polar surface area (TPSA) is 75.0 Å². The highest BCUT2D eigenvalue weighted by atomic mass is 19.1. The molecule has 0 aliphatic heterocycles. The van der Waals surface area contributed by atoms with E-state index in [4.69, 9.17) is 5.73 Å². The molecular weight excluding hydrogens is 295 g/mol. The van der Waals surface area contributed by atoms with Gasteiger partial charge in [-0.2, -0.15) is 5.10 Å². The third-order valence-electron chi connectivity index (χ3n) is 3.71. The standard InChI is InChI=1S/C17H23FN4O/c1-22(17(23)8-3-9-19)10-4-7-15-12-16(21-20-15)13-5-2-6-14(18)11-13/h2,5-6,11-12H,3-4,7-10,19H2,1H3,(H,20,21). The second-order valence-electron chi connectivity index (χ2n) is 5.60. The van der Waals surface area contributed by atoms with Gasteiger partial charge in [0.15, 0.2) is 0 Å². The highest BCUT2D eigenvalue weighted by Gasteiger charge is 2.09. The molecule has 2 rings (SSSR count). The molecule has 0 saturated carbocycles. The van der Waals surface area contributed by atoms with Gasteiger partial charge in [-0.25, -0.2) is 4.39 Å². The number of nitrogens with two attached hydrogens (primary N) is 1. The molecule has 0 fully saturated rings. The highest BCUT2D eigenvalue weighted by Crippen LogP contribution is 2.19. The van der Waals surface area contributed by atoms with E-state index in [9.17, 15) is 9.18 Å². The molecule has 1 aromatic heterocycles. The Kier molecular flexibility index (Phi) is 6.29. The number of benzene rings is 1. The highest BCUT2D eigenvalue weighted by molar-refractivity contribution is 5.75. The maximum atomic E-state index is 13.2. The van der Waals surface area contributed by atoms with Crippen LogP contribution >= 0.6 is 0 Å². The van der Waals surface area contributed by atoms with Crippen molar-refractivity contribution < 1.29 is 9.18 Å². The summed E-state index contributed by atoms with van der Waals surface area (Å²) in [5.74, 6) is -0.148. The van der Waals surface area contributed by atoms with E-state index in [0.717, 1.165) is 36.2 Å². The first kappa shape index (κ1) is 17.1. The average molecular weight is 318 g/mol. The average Bonchev–Trinajstić information content (AvgIpc) is 3.01. The van der Waals surface area contributed by atoms with Gasteiger partial charge in [0.1, 0.15) is 5.82 Å². The number of nitrogens with zero attached hydrogens (tertiary/aromatic N) is 2. The minimum Gasteiger partial charge on any atom is -0.346 e. The Morgan fingerprint density at radius 1 is 1.35 bits per heavy atom. The predicted octanol–water partition coefficient (Wildman–Crippen LogP) is 2.35. The van der Waals surface area contributed by atoms with Gasteiger partial charge in [-0.05, 0) is 44.0 Å². The molecule has 0 spiro atoms. The Hall–Kier alpha value is -2.21. The number of nitrogens with one attached hydrogen (secondary N) is 1. The van der Waals surface area contributed by atoms with Gasteiger partial charge in [-0.3, -0.25) is 9.89 Å². The van der Waals surface area contributed by atoms with Crippen LogP contribution in [-0.2, 0) is 11.2 Å². The van der Waals surface area contributed by atoms with Crippen molar-refractivity contribution >= 4 is 5.91 Å². The largest absolute Gasteiger partial charge is 0.346 e. The zero-order valence-electron chi connectivity index (χ0n) is 13.4. The normalized spacial score (nSPS) is 10.7. The van der Waals surface area contributed by atoms with Gasteiger partial charge in [0.05, 0.1) is 5.69 Å². The maximum Gasteiger partial charge on any atom is 0.222 e. The molecule has 6 heteroatoms. The first-order valence-corrected chi connectivity index (χ1v) is 7.84. The number of H-pyrrole nitrogens is 1. The number of aromatic amines is 1. The number of rotatable bonds is 8. The molecule has 1 aromatic carbocycles. The van der Waals surface area contributed by atoms with Crippen LogP contribution in [0, 0.1) is 5.82 Å². The number of carbonyl (C=O) groups is 1. The smallest absolute Gasteiger partial charge is 0.222 e. The second-order valence-corrected chi connectivity index (χ2v) is 5.60. The van der Waals surface area contributed by atoms with Crippen LogP contribution in [0.3, 0.4) is 0 Å². The predicted molar refractivity (Wildman–Crippen MR) is 88.2 cm³/mol. The van der Waals surface area contributed by atoms with E-state index in [1.165, 1.54) is 12.1 Å². The third kappa shape index (κ3) is 5.17. The minimum absolute atomic E-state index is 0.125. The van der Waals surface area contributed by atoms with Crippen molar-refractivity contribution in [3.8, 4) is 11.3 Å². The van der Waals surface area contributed by atoms with Crippen LogP contribution in [0.4, 0.5) is 4.39 Å². The van der Waals surface area contributed by atoms with Gasteiger partial charge in [-0.15, -0.1) is 0 Å². The summed E-state index contributed by atoms with van der Waals surface area (Å²) in [5, 5.41) is 7.18. The number of carbonyl (C=O) groups excluding carboxylic acids is 1. The number of aromatic nitrogens is 2. The fourth-order valence-corrected chi connectivity index (χ4v) is 2.36. The first-order chi connectivity index (χ1) is 11.1. The van der Waals surface area contributed by atoms with Crippen molar-refractivity contribution in [2.45, 2.75) is 25.7 Å². The Morgan fingerprint density at radius 3 is 2.91 bits per heavy atom. The molecule has 0 atom stereocenters. The molecule has 0 saturated heterocycles. The zero-order chi connectivity index (χ0) is 16.7. The van der Waals surface area contributed by atoms with E-state index < -0.39 is 0 Å². The third-order valence-corrected chi connectivity index (χ3v) is 3.71. The van der Waals surface area contributed by atoms with Gasteiger partial charge >= 0.3 is 0 Å². The zero-order valence-corrected chi connectivity index (χ0v) is 13.4. The van der Waals surface area contributed by atoms with E-state index in [0.29, 0.717) is 19.5 Å². The molecule has 1 amide bonds. The molecule has 2 aromatic rings. The lowest BCUT2D eigenvalue weighted by Crippen LogP contribution is -2.28. The quantitative estimate of drug-likeness (QED) is 0.784. The molecule has 124 valence electrons. The fraction of sp³-hybridized carbons (Fsp3) is 0.412. The van der Waals surface area contributed by atoms with Crippen LogP contribution < -0.4 is 5.73 Å².